The minimum absolute atomic E-state index is 0.123. The van der Waals surface area contributed by atoms with Crippen LogP contribution in [0.5, 0.6) is 0 Å². The number of nitrogens with zero attached hydrogens (tertiary/aromatic N) is 4. The lowest BCUT2D eigenvalue weighted by Crippen LogP contribution is -2.17. The highest BCUT2D eigenvalue weighted by Crippen LogP contribution is 2.35. The van der Waals surface area contributed by atoms with Gasteiger partial charge in [-0.1, -0.05) is 0 Å². The van der Waals surface area contributed by atoms with E-state index in [0.29, 0.717) is 11.7 Å². The van der Waals surface area contributed by atoms with E-state index in [1.807, 2.05) is 53.7 Å². The SMILES string of the molecule is Cc1ncn(-c2ccc(NC(=O)c3ccnn3C3CC3)cc2)c1C. The molecular weight excluding hydrogens is 302 g/mol. The van der Waals surface area contributed by atoms with Gasteiger partial charge in [0.2, 0.25) is 0 Å². The van der Waals surface area contributed by atoms with Crippen molar-refractivity contribution in [2.45, 2.75) is 32.7 Å². The zero-order valence-electron chi connectivity index (χ0n) is 13.7. The van der Waals surface area contributed by atoms with Gasteiger partial charge in [0.05, 0.1) is 18.1 Å². The Morgan fingerprint density at radius 3 is 2.54 bits per heavy atom. The fourth-order valence-electron chi connectivity index (χ4n) is 2.76. The van der Waals surface area contributed by atoms with Gasteiger partial charge in [-0.25, -0.2) is 4.98 Å². The Bertz CT molecular complexity index is 887. The minimum Gasteiger partial charge on any atom is -0.321 e. The third kappa shape index (κ3) is 2.60. The lowest BCUT2D eigenvalue weighted by Gasteiger charge is -2.09. The maximum absolute atomic E-state index is 12.5. The first kappa shape index (κ1) is 14.7. The van der Waals surface area contributed by atoms with Gasteiger partial charge in [-0.2, -0.15) is 5.10 Å². The van der Waals surface area contributed by atoms with Crippen LogP contribution in [0.2, 0.25) is 0 Å². The number of imidazole rings is 1. The second-order valence-corrected chi connectivity index (χ2v) is 6.18. The van der Waals surface area contributed by atoms with Gasteiger partial charge < -0.3 is 9.88 Å². The van der Waals surface area contributed by atoms with Gasteiger partial charge in [0.25, 0.3) is 5.91 Å². The molecule has 1 fully saturated rings. The van der Waals surface area contributed by atoms with Crippen molar-refractivity contribution in [1.29, 1.82) is 0 Å². The number of aromatic nitrogens is 4. The second-order valence-electron chi connectivity index (χ2n) is 6.18. The average Bonchev–Trinajstić information content (AvgIpc) is 3.22. The minimum atomic E-state index is -0.123. The molecule has 1 aliphatic rings. The van der Waals surface area contributed by atoms with Crippen LogP contribution >= 0.6 is 0 Å². The summed E-state index contributed by atoms with van der Waals surface area (Å²) >= 11 is 0. The summed E-state index contributed by atoms with van der Waals surface area (Å²) in [4.78, 5) is 16.8. The van der Waals surface area contributed by atoms with Crippen LogP contribution in [0, 0.1) is 13.8 Å². The number of anilines is 1. The summed E-state index contributed by atoms with van der Waals surface area (Å²) in [6, 6.07) is 9.90. The predicted octanol–water partition coefficient (Wildman–Crippen LogP) is 3.27. The maximum atomic E-state index is 12.5. The first-order valence-electron chi connectivity index (χ1n) is 8.09. The third-order valence-corrected chi connectivity index (χ3v) is 4.45. The van der Waals surface area contributed by atoms with E-state index < -0.39 is 0 Å². The fourth-order valence-corrected chi connectivity index (χ4v) is 2.76. The Labute approximate surface area is 140 Å². The summed E-state index contributed by atoms with van der Waals surface area (Å²) in [7, 11) is 0. The molecule has 2 heterocycles. The molecule has 1 amide bonds. The molecule has 24 heavy (non-hydrogen) atoms. The Balaban J connectivity index is 1.52. The molecule has 2 aromatic heterocycles. The molecule has 0 aliphatic heterocycles. The van der Waals surface area contributed by atoms with Gasteiger partial charge in [0.15, 0.2) is 0 Å². The van der Waals surface area contributed by atoms with Crippen LogP contribution in [-0.2, 0) is 0 Å². The van der Waals surface area contributed by atoms with Crippen molar-refractivity contribution in [2.75, 3.05) is 5.32 Å². The number of hydrogen-bond donors (Lipinski definition) is 1. The predicted molar refractivity (Wildman–Crippen MR) is 91.5 cm³/mol. The highest BCUT2D eigenvalue weighted by atomic mass is 16.2. The number of amides is 1. The first-order chi connectivity index (χ1) is 11.6. The first-order valence-corrected chi connectivity index (χ1v) is 8.09. The molecule has 3 aromatic rings. The molecule has 6 nitrogen and oxygen atoms in total. The lowest BCUT2D eigenvalue weighted by molar-refractivity contribution is 0.101. The molecule has 122 valence electrons. The van der Waals surface area contributed by atoms with E-state index in [1.165, 1.54) is 0 Å². The van der Waals surface area contributed by atoms with Gasteiger partial charge in [-0.05, 0) is 57.0 Å². The number of rotatable bonds is 4. The molecule has 1 saturated carbocycles. The second kappa shape index (κ2) is 5.63. The molecule has 4 rings (SSSR count). The summed E-state index contributed by atoms with van der Waals surface area (Å²) in [5.74, 6) is -0.123. The smallest absolute Gasteiger partial charge is 0.273 e. The van der Waals surface area contributed by atoms with E-state index in [9.17, 15) is 4.79 Å². The molecular formula is C18H19N5O. The highest BCUT2D eigenvalue weighted by molar-refractivity contribution is 6.03. The van der Waals surface area contributed by atoms with Crippen molar-refractivity contribution in [2.24, 2.45) is 0 Å². The van der Waals surface area contributed by atoms with Crippen LogP contribution in [-0.4, -0.2) is 25.2 Å². The van der Waals surface area contributed by atoms with Crippen molar-refractivity contribution in [1.82, 2.24) is 19.3 Å². The molecule has 1 N–H and O–H groups in total. The van der Waals surface area contributed by atoms with Gasteiger partial charge in [0, 0.05) is 23.3 Å². The molecule has 0 spiro atoms. The van der Waals surface area contributed by atoms with Crippen LogP contribution in [0.4, 0.5) is 5.69 Å². The Hall–Kier alpha value is -2.89. The number of carbonyl (C=O) groups is 1. The molecule has 0 bridgehead atoms. The molecule has 1 aromatic carbocycles. The van der Waals surface area contributed by atoms with Gasteiger partial charge in [-0.15, -0.1) is 0 Å². The van der Waals surface area contributed by atoms with E-state index in [2.05, 4.69) is 15.4 Å². The number of hydrogen-bond acceptors (Lipinski definition) is 3. The van der Waals surface area contributed by atoms with Crippen LogP contribution in [0.3, 0.4) is 0 Å². The number of aryl methyl sites for hydroxylation is 1. The Kier molecular flexibility index (Phi) is 3.45. The number of nitrogens with one attached hydrogen (secondary N) is 1. The Morgan fingerprint density at radius 1 is 1.17 bits per heavy atom. The third-order valence-electron chi connectivity index (χ3n) is 4.45. The standard InChI is InChI=1S/C18H19N5O/c1-12-13(2)22(11-19-12)15-5-3-14(4-6-15)21-18(24)17-9-10-20-23(17)16-7-8-16/h3-6,9-11,16H,7-8H2,1-2H3,(H,21,24). The van der Waals surface area contributed by atoms with Gasteiger partial charge in [0.1, 0.15) is 5.69 Å². The van der Waals surface area contributed by atoms with Crippen molar-refractivity contribution < 1.29 is 4.79 Å². The van der Waals surface area contributed by atoms with E-state index in [1.54, 1.807) is 12.3 Å². The van der Waals surface area contributed by atoms with Gasteiger partial charge >= 0.3 is 0 Å². The number of benzene rings is 1. The van der Waals surface area contributed by atoms with Crippen LogP contribution < -0.4 is 5.32 Å². The summed E-state index contributed by atoms with van der Waals surface area (Å²) in [5.41, 5.74) is 4.53. The van der Waals surface area contributed by atoms with Crippen molar-refractivity contribution in [3.05, 3.63) is 59.9 Å². The quantitative estimate of drug-likeness (QED) is 0.802. The van der Waals surface area contributed by atoms with Crippen molar-refractivity contribution in [3.8, 4) is 5.69 Å². The molecule has 1 aliphatic carbocycles. The average molecular weight is 321 g/mol. The van der Waals surface area contributed by atoms with Gasteiger partial charge in [-0.3, -0.25) is 9.48 Å². The number of carbonyl (C=O) groups excluding carboxylic acids is 1. The normalized spacial score (nSPS) is 13.9. The summed E-state index contributed by atoms with van der Waals surface area (Å²) < 4.78 is 3.85. The summed E-state index contributed by atoms with van der Waals surface area (Å²) in [6.07, 6.45) is 5.69. The topological polar surface area (TPSA) is 64.7 Å². The summed E-state index contributed by atoms with van der Waals surface area (Å²) in [6.45, 7) is 4.03. The van der Waals surface area contributed by atoms with E-state index in [-0.39, 0.29) is 5.91 Å². The molecule has 0 unspecified atom stereocenters. The molecule has 0 atom stereocenters. The van der Waals surface area contributed by atoms with Crippen LogP contribution in [0.25, 0.3) is 5.69 Å². The molecule has 0 saturated heterocycles. The highest BCUT2D eigenvalue weighted by Gasteiger charge is 2.28. The lowest BCUT2D eigenvalue weighted by atomic mass is 10.2. The molecule has 6 heteroatoms. The largest absolute Gasteiger partial charge is 0.321 e. The van der Waals surface area contributed by atoms with E-state index in [4.69, 9.17) is 0 Å². The maximum Gasteiger partial charge on any atom is 0.273 e. The van der Waals surface area contributed by atoms with E-state index in [0.717, 1.165) is 35.6 Å². The zero-order valence-corrected chi connectivity index (χ0v) is 13.7. The van der Waals surface area contributed by atoms with E-state index >= 15 is 0 Å². The van der Waals surface area contributed by atoms with Crippen LogP contribution in [0.15, 0.2) is 42.9 Å². The van der Waals surface area contributed by atoms with Crippen molar-refractivity contribution in [3.63, 3.8) is 0 Å². The fraction of sp³-hybridized carbons (Fsp3) is 0.278. The monoisotopic (exact) mass is 321 g/mol. The zero-order chi connectivity index (χ0) is 16.7. The van der Waals surface area contributed by atoms with Crippen LogP contribution in [0.1, 0.15) is 40.8 Å². The molecule has 0 radical (unpaired) electrons. The van der Waals surface area contributed by atoms with Crippen molar-refractivity contribution >= 4 is 11.6 Å². The summed E-state index contributed by atoms with van der Waals surface area (Å²) in [5, 5.41) is 7.19. The Morgan fingerprint density at radius 2 is 1.92 bits per heavy atom.